The van der Waals surface area contributed by atoms with Crippen LogP contribution < -0.4 is 27.0 Å². The highest BCUT2D eigenvalue weighted by Crippen LogP contribution is 2.17. The number of rotatable bonds is 11. The standard InChI is InChI=1S/C17H28N6O8/c1-9(24)15(17(31)21-6-12(26)20-8-14(28)29)22-16(30)10-3-2-4-23(10)13(27)7-19-11(25)5-18/h9-10,15,24H,2-8,18H2,1H3,(H,19,25)(H,20,26)(H,21,31)(H,22,30)(H,28,29)/t9-,10+,15+/m1/s1. The number of nitrogens with two attached hydrogens (primary N) is 1. The van der Waals surface area contributed by atoms with Gasteiger partial charge in [-0.25, -0.2) is 0 Å². The first-order valence-corrected chi connectivity index (χ1v) is 9.57. The van der Waals surface area contributed by atoms with Crippen LogP contribution in [0.2, 0.25) is 0 Å². The minimum Gasteiger partial charge on any atom is -0.480 e. The van der Waals surface area contributed by atoms with E-state index in [1.165, 1.54) is 11.8 Å². The van der Waals surface area contributed by atoms with Crippen molar-refractivity contribution in [3.8, 4) is 0 Å². The molecule has 1 heterocycles. The molecule has 14 nitrogen and oxygen atoms in total. The van der Waals surface area contributed by atoms with Crippen molar-refractivity contribution in [2.24, 2.45) is 5.73 Å². The largest absolute Gasteiger partial charge is 0.480 e. The normalized spacial score (nSPS) is 17.3. The molecule has 0 aliphatic carbocycles. The van der Waals surface area contributed by atoms with Crippen LogP contribution in [-0.4, -0.2) is 102 Å². The average molecular weight is 444 g/mol. The molecule has 0 bridgehead atoms. The number of carboxylic acid groups (broad SMARTS) is 1. The molecular formula is C17H28N6O8. The lowest BCUT2D eigenvalue weighted by atomic mass is 10.1. The highest BCUT2D eigenvalue weighted by molar-refractivity contribution is 5.95. The molecule has 1 saturated heterocycles. The highest BCUT2D eigenvalue weighted by Gasteiger charge is 2.36. The van der Waals surface area contributed by atoms with E-state index < -0.39 is 66.8 Å². The Hall–Kier alpha value is -3.26. The average Bonchev–Trinajstić information content (AvgIpc) is 3.21. The van der Waals surface area contributed by atoms with Crippen LogP contribution in [-0.2, 0) is 28.8 Å². The summed E-state index contributed by atoms with van der Waals surface area (Å²) in [5.41, 5.74) is 5.16. The molecule has 31 heavy (non-hydrogen) atoms. The van der Waals surface area contributed by atoms with Crippen molar-refractivity contribution in [1.82, 2.24) is 26.2 Å². The zero-order valence-corrected chi connectivity index (χ0v) is 17.1. The van der Waals surface area contributed by atoms with Crippen molar-refractivity contribution in [2.45, 2.75) is 38.0 Å². The molecule has 8 N–H and O–H groups in total. The van der Waals surface area contributed by atoms with E-state index >= 15 is 0 Å². The molecule has 5 amide bonds. The number of carboxylic acids is 1. The third-order valence-electron chi connectivity index (χ3n) is 4.42. The van der Waals surface area contributed by atoms with Gasteiger partial charge in [-0.2, -0.15) is 0 Å². The van der Waals surface area contributed by atoms with Crippen molar-refractivity contribution >= 4 is 35.5 Å². The lowest BCUT2D eigenvalue weighted by Crippen LogP contribution is -2.58. The molecule has 3 atom stereocenters. The van der Waals surface area contributed by atoms with Crippen LogP contribution in [0, 0.1) is 0 Å². The number of nitrogens with one attached hydrogen (secondary N) is 4. The highest BCUT2D eigenvalue weighted by atomic mass is 16.4. The Morgan fingerprint density at radius 1 is 1.03 bits per heavy atom. The molecule has 0 spiro atoms. The van der Waals surface area contributed by atoms with Crippen LogP contribution in [0.5, 0.6) is 0 Å². The van der Waals surface area contributed by atoms with Gasteiger partial charge < -0.3 is 42.1 Å². The summed E-state index contributed by atoms with van der Waals surface area (Å²) in [6.45, 7) is -0.245. The Kier molecular flexibility index (Phi) is 10.3. The maximum absolute atomic E-state index is 12.6. The molecule has 0 radical (unpaired) electrons. The third kappa shape index (κ3) is 8.55. The molecule has 174 valence electrons. The summed E-state index contributed by atoms with van der Waals surface area (Å²) in [5, 5.41) is 27.3. The van der Waals surface area contributed by atoms with Gasteiger partial charge >= 0.3 is 5.97 Å². The van der Waals surface area contributed by atoms with E-state index in [9.17, 15) is 33.9 Å². The van der Waals surface area contributed by atoms with Crippen molar-refractivity contribution in [3.63, 3.8) is 0 Å². The summed E-state index contributed by atoms with van der Waals surface area (Å²) in [6.07, 6.45) is -0.460. The van der Waals surface area contributed by atoms with Gasteiger partial charge in [0.15, 0.2) is 0 Å². The molecule has 1 fully saturated rings. The number of carbonyl (C=O) groups excluding carboxylic acids is 5. The fourth-order valence-electron chi connectivity index (χ4n) is 2.85. The van der Waals surface area contributed by atoms with Gasteiger partial charge in [0.1, 0.15) is 18.6 Å². The maximum atomic E-state index is 12.6. The summed E-state index contributed by atoms with van der Waals surface area (Å²) in [7, 11) is 0. The SMILES string of the molecule is C[C@@H](O)[C@H](NC(=O)[C@@H]1CCCN1C(=O)CNC(=O)CN)C(=O)NCC(=O)NCC(=O)O. The number of carbonyl (C=O) groups is 6. The van der Waals surface area contributed by atoms with Gasteiger partial charge in [0.25, 0.3) is 0 Å². The molecule has 0 unspecified atom stereocenters. The number of aliphatic hydroxyl groups is 1. The zero-order valence-electron chi connectivity index (χ0n) is 17.1. The first-order chi connectivity index (χ1) is 14.6. The lowest BCUT2D eigenvalue weighted by Gasteiger charge is -2.27. The fourth-order valence-corrected chi connectivity index (χ4v) is 2.85. The van der Waals surface area contributed by atoms with Gasteiger partial charge in [0.05, 0.1) is 25.7 Å². The van der Waals surface area contributed by atoms with E-state index in [1.807, 2.05) is 5.32 Å². The summed E-state index contributed by atoms with van der Waals surface area (Å²) in [5.74, 6) is -4.57. The zero-order chi connectivity index (χ0) is 23.6. The summed E-state index contributed by atoms with van der Waals surface area (Å²) in [6, 6.07) is -2.30. The predicted molar refractivity (Wildman–Crippen MR) is 104 cm³/mol. The molecule has 0 aromatic carbocycles. The van der Waals surface area contributed by atoms with E-state index in [-0.39, 0.29) is 19.6 Å². The van der Waals surface area contributed by atoms with Crippen molar-refractivity contribution in [3.05, 3.63) is 0 Å². The topological polar surface area (TPSA) is 220 Å². The first-order valence-electron chi connectivity index (χ1n) is 9.57. The van der Waals surface area contributed by atoms with Crippen molar-refractivity contribution < 1.29 is 39.0 Å². The van der Waals surface area contributed by atoms with Crippen molar-refractivity contribution in [1.29, 1.82) is 0 Å². The monoisotopic (exact) mass is 444 g/mol. The van der Waals surface area contributed by atoms with E-state index in [0.717, 1.165) is 0 Å². The van der Waals surface area contributed by atoms with E-state index in [2.05, 4.69) is 16.0 Å². The molecule has 1 aliphatic rings. The second-order valence-electron chi connectivity index (χ2n) is 6.84. The third-order valence-corrected chi connectivity index (χ3v) is 4.42. The lowest BCUT2D eigenvalue weighted by molar-refractivity contribution is -0.140. The molecule has 0 saturated carbocycles. The van der Waals surface area contributed by atoms with E-state index in [1.54, 1.807) is 0 Å². The minimum atomic E-state index is -1.41. The molecule has 14 heteroatoms. The summed E-state index contributed by atoms with van der Waals surface area (Å²) < 4.78 is 0. The maximum Gasteiger partial charge on any atom is 0.322 e. The minimum absolute atomic E-state index is 0.281. The number of aliphatic hydroxyl groups excluding tert-OH is 1. The number of nitrogens with zero attached hydrogens (tertiary/aromatic N) is 1. The van der Waals surface area contributed by atoms with Gasteiger partial charge in [-0.05, 0) is 19.8 Å². The quantitative estimate of drug-likeness (QED) is 0.162. The second kappa shape index (κ2) is 12.4. The van der Waals surface area contributed by atoms with Crippen LogP contribution >= 0.6 is 0 Å². The van der Waals surface area contributed by atoms with Gasteiger partial charge in [-0.3, -0.25) is 28.8 Å². The Bertz CT molecular complexity index is 713. The van der Waals surface area contributed by atoms with Gasteiger partial charge in [-0.15, -0.1) is 0 Å². The van der Waals surface area contributed by atoms with Gasteiger partial charge in [0, 0.05) is 6.54 Å². The Morgan fingerprint density at radius 2 is 1.68 bits per heavy atom. The molecule has 1 aliphatic heterocycles. The van der Waals surface area contributed by atoms with Crippen LogP contribution in [0.15, 0.2) is 0 Å². The van der Waals surface area contributed by atoms with Crippen LogP contribution in [0.25, 0.3) is 0 Å². The molecular weight excluding hydrogens is 416 g/mol. The predicted octanol–water partition coefficient (Wildman–Crippen LogP) is -4.77. The van der Waals surface area contributed by atoms with Crippen LogP contribution in [0.1, 0.15) is 19.8 Å². The van der Waals surface area contributed by atoms with Gasteiger partial charge in [-0.1, -0.05) is 0 Å². The summed E-state index contributed by atoms with van der Waals surface area (Å²) >= 11 is 0. The van der Waals surface area contributed by atoms with Crippen LogP contribution in [0.4, 0.5) is 0 Å². The van der Waals surface area contributed by atoms with E-state index in [4.69, 9.17) is 10.8 Å². The van der Waals surface area contributed by atoms with Crippen LogP contribution in [0.3, 0.4) is 0 Å². The Morgan fingerprint density at radius 3 is 2.26 bits per heavy atom. The molecule has 0 aromatic heterocycles. The number of hydrogen-bond donors (Lipinski definition) is 7. The van der Waals surface area contributed by atoms with Gasteiger partial charge in [0.2, 0.25) is 29.5 Å². The smallest absolute Gasteiger partial charge is 0.322 e. The van der Waals surface area contributed by atoms with Crippen molar-refractivity contribution in [2.75, 3.05) is 32.7 Å². The first kappa shape index (κ1) is 25.8. The number of aliphatic carboxylic acids is 1. The fraction of sp³-hybridized carbons (Fsp3) is 0.647. The number of amides is 5. The molecule has 0 aromatic rings. The van der Waals surface area contributed by atoms with E-state index in [0.29, 0.717) is 12.8 Å². The Balaban J connectivity index is 2.66. The number of hydrogen-bond acceptors (Lipinski definition) is 8. The second-order valence-corrected chi connectivity index (χ2v) is 6.84. The molecule has 1 rings (SSSR count). The summed E-state index contributed by atoms with van der Waals surface area (Å²) in [4.78, 5) is 71.6. The Labute approximate surface area is 177 Å². The number of likely N-dealkylation sites (tertiary alicyclic amines) is 1.